The van der Waals surface area contributed by atoms with E-state index in [1.807, 2.05) is 6.07 Å². The van der Waals surface area contributed by atoms with Gasteiger partial charge in [-0.3, -0.25) is 19.3 Å². The van der Waals surface area contributed by atoms with Crippen molar-refractivity contribution in [3.8, 4) is 5.75 Å². The van der Waals surface area contributed by atoms with Crippen LogP contribution in [0.15, 0.2) is 41.6 Å². The first-order valence-corrected chi connectivity index (χ1v) is 9.00. The summed E-state index contributed by atoms with van der Waals surface area (Å²) in [6, 6.07) is 7.93. The topological polar surface area (TPSA) is 122 Å². The molecule has 1 aromatic carbocycles. The van der Waals surface area contributed by atoms with Gasteiger partial charge in [-0.05, 0) is 12.1 Å². The van der Waals surface area contributed by atoms with Gasteiger partial charge < -0.3 is 19.9 Å². The highest BCUT2D eigenvalue weighted by Crippen LogP contribution is 2.40. The molecule has 0 aromatic heterocycles. The largest absolute Gasteiger partial charge is 0.484 e. The number of carboxylic acids is 1. The molecule has 1 fully saturated rings. The Morgan fingerprint density at radius 2 is 2.07 bits per heavy atom. The van der Waals surface area contributed by atoms with Crippen molar-refractivity contribution in [1.82, 2.24) is 10.2 Å². The summed E-state index contributed by atoms with van der Waals surface area (Å²) in [5.74, 6) is -1.49. The van der Waals surface area contributed by atoms with Crippen LogP contribution in [0.1, 0.15) is 0 Å². The van der Waals surface area contributed by atoms with Crippen LogP contribution in [0, 0.1) is 0 Å². The first-order valence-electron chi connectivity index (χ1n) is 7.95. The third-order valence-electron chi connectivity index (χ3n) is 4.01. The van der Waals surface area contributed by atoms with Crippen molar-refractivity contribution in [2.45, 2.75) is 11.4 Å². The van der Waals surface area contributed by atoms with Crippen molar-refractivity contribution in [3.05, 3.63) is 41.6 Å². The Labute approximate surface area is 158 Å². The molecular weight excluding hydrogens is 376 g/mol. The van der Waals surface area contributed by atoms with Crippen LogP contribution < -0.4 is 10.1 Å². The summed E-state index contributed by atoms with van der Waals surface area (Å²) < 4.78 is 9.95. The molecule has 9 nitrogen and oxygen atoms in total. The molecule has 0 saturated carbocycles. The first-order chi connectivity index (χ1) is 13.0. The maximum Gasteiger partial charge on any atom is 0.352 e. The normalized spacial score (nSPS) is 21.0. The Hall–Kier alpha value is -3.01. The van der Waals surface area contributed by atoms with E-state index in [1.54, 1.807) is 24.3 Å². The number of carboxylic acid groups (broad SMARTS) is 1. The Morgan fingerprint density at radius 1 is 1.33 bits per heavy atom. The number of nitrogens with zero attached hydrogens (tertiary/aromatic N) is 1. The third-order valence-corrected chi connectivity index (χ3v) is 5.34. The molecule has 0 bridgehead atoms. The zero-order valence-electron chi connectivity index (χ0n) is 14.0. The average molecular weight is 392 g/mol. The van der Waals surface area contributed by atoms with E-state index in [-0.39, 0.29) is 31.1 Å². The maximum absolute atomic E-state index is 12.4. The van der Waals surface area contributed by atoms with Crippen molar-refractivity contribution >= 4 is 36.0 Å². The van der Waals surface area contributed by atoms with E-state index in [4.69, 9.17) is 4.74 Å². The van der Waals surface area contributed by atoms with E-state index >= 15 is 0 Å². The molecule has 2 aliphatic rings. The van der Waals surface area contributed by atoms with Crippen LogP contribution in [-0.4, -0.2) is 64.6 Å². The number of hydrogen-bond acceptors (Lipinski definition) is 7. The van der Waals surface area contributed by atoms with Crippen LogP contribution in [0.2, 0.25) is 0 Å². The summed E-state index contributed by atoms with van der Waals surface area (Å²) in [4.78, 5) is 47.4. The molecule has 1 aromatic rings. The lowest BCUT2D eigenvalue weighted by Gasteiger charge is -2.49. The summed E-state index contributed by atoms with van der Waals surface area (Å²) >= 11 is 1.29. The van der Waals surface area contributed by atoms with Crippen molar-refractivity contribution in [2.24, 2.45) is 0 Å². The Balaban J connectivity index is 1.62. The van der Waals surface area contributed by atoms with E-state index in [1.165, 1.54) is 11.8 Å². The highest BCUT2D eigenvalue weighted by molar-refractivity contribution is 8.00. The number of thioether (sulfide) groups is 1. The molecule has 27 heavy (non-hydrogen) atoms. The van der Waals surface area contributed by atoms with Crippen LogP contribution in [0.25, 0.3) is 0 Å². The molecular formula is C17H16N2O7S. The zero-order valence-corrected chi connectivity index (χ0v) is 14.8. The van der Waals surface area contributed by atoms with Gasteiger partial charge in [0.2, 0.25) is 0 Å². The third kappa shape index (κ3) is 3.90. The average Bonchev–Trinajstić information content (AvgIpc) is 2.68. The minimum Gasteiger partial charge on any atom is -0.484 e. The molecule has 3 rings (SSSR count). The number of hydrogen-bond donors (Lipinski definition) is 2. The van der Waals surface area contributed by atoms with Gasteiger partial charge in [0.05, 0.1) is 0 Å². The van der Waals surface area contributed by atoms with Gasteiger partial charge in [-0.1, -0.05) is 18.2 Å². The van der Waals surface area contributed by atoms with Gasteiger partial charge in [0.15, 0.2) is 6.61 Å². The highest BCUT2D eigenvalue weighted by atomic mass is 32.2. The standard InChI is InChI=1S/C17H16N2O7S/c20-9-25-6-10-8-27-16-13(15(22)19(16)14(10)17(23)24)18-12(21)7-26-11-4-2-1-3-5-11/h1-5,9,13,16H,6-8H2,(H,18,21)(H,23,24)/t13-,16-/m1/s1. The lowest BCUT2D eigenvalue weighted by molar-refractivity contribution is -0.151. The summed E-state index contributed by atoms with van der Waals surface area (Å²) in [6.07, 6.45) is 0. The first kappa shape index (κ1) is 18.8. The van der Waals surface area contributed by atoms with Gasteiger partial charge in [0, 0.05) is 11.3 Å². The smallest absolute Gasteiger partial charge is 0.352 e. The van der Waals surface area contributed by atoms with E-state index in [0.717, 1.165) is 4.90 Å². The second-order valence-electron chi connectivity index (χ2n) is 5.72. The summed E-state index contributed by atoms with van der Waals surface area (Å²) in [5, 5.41) is 11.5. The van der Waals surface area contributed by atoms with Crippen LogP contribution in [0.4, 0.5) is 0 Å². The molecule has 142 valence electrons. The number of fused-ring (bicyclic) bond motifs is 1. The molecule has 0 unspecified atom stereocenters. The van der Waals surface area contributed by atoms with Crippen LogP contribution in [0.3, 0.4) is 0 Å². The Kier molecular flexibility index (Phi) is 5.65. The van der Waals surface area contributed by atoms with Gasteiger partial charge >= 0.3 is 5.97 Å². The van der Waals surface area contributed by atoms with Crippen molar-refractivity contribution in [1.29, 1.82) is 0 Å². The van der Waals surface area contributed by atoms with Crippen molar-refractivity contribution < 1.29 is 33.8 Å². The molecule has 2 aliphatic heterocycles. The molecule has 1 saturated heterocycles. The summed E-state index contributed by atoms with van der Waals surface area (Å²) in [7, 11) is 0. The number of ether oxygens (including phenoxy) is 2. The van der Waals surface area contributed by atoms with Crippen LogP contribution >= 0.6 is 11.8 Å². The number of rotatable bonds is 8. The van der Waals surface area contributed by atoms with Gasteiger partial charge in [-0.15, -0.1) is 11.8 Å². The number of aliphatic carboxylic acids is 1. The second-order valence-corrected chi connectivity index (χ2v) is 6.83. The van der Waals surface area contributed by atoms with Gasteiger partial charge in [0.25, 0.3) is 18.3 Å². The monoisotopic (exact) mass is 392 g/mol. The summed E-state index contributed by atoms with van der Waals surface area (Å²) in [6.45, 7) is -0.237. The lowest BCUT2D eigenvalue weighted by Crippen LogP contribution is -2.71. The summed E-state index contributed by atoms with van der Waals surface area (Å²) in [5.41, 5.74) is 0.137. The van der Waals surface area contributed by atoms with E-state index in [9.17, 15) is 24.3 Å². The van der Waals surface area contributed by atoms with E-state index < -0.39 is 29.2 Å². The Morgan fingerprint density at radius 3 is 2.74 bits per heavy atom. The number of carbonyl (C=O) groups excluding carboxylic acids is 3. The molecule has 2 amide bonds. The number of para-hydroxylation sites is 1. The van der Waals surface area contributed by atoms with Crippen molar-refractivity contribution in [3.63, 3.8) is 0 Å². The Bertz CT molecular complexity index is 796. The number of carbonyl (C=O) groups is 4. The number of nitrogens with one attached hydrogen (secondary N) is 1. The quantitative estimate of drug-likeness (QED) is 0.467. The number of benzene rings is 1. The SMILES string of the molecule is O=COCC1=C(C(=O)O)N2C(=O)[C@@H](NC(=O)COc3ccccc3)[C@H]2SC1. The van der Waals surface area contributed by atoms with Gasteiger partial charge in [-0.2, -0.15) is 0 Å². The highest BCUT2D eigenvalue weighted by Gasteiger charge is 2.54. The predicted molar refractivity (Wildman–Crippen MR) is 93.6 cm³/mol. The molecule has 10 heteroatoms. The number of amides is 2. The molecule has 2 N–H and O–H groups in total. The fourth-order valence-electron chi connectivity index (χ4n) is 2.81. The van der Waals surface area contributed by atoms with Crippen LogP contribution in [0.5, 0.6) is 5.75 Å². The van der Waals surface area contributed by atoms with E-state index in [2.05, 4.69) is 10.1 Å². The lowest BCUT2D eigenvalue weighted by atomic mass is 10.0. The fourth-order valence-corrected chi connectivity index (χ4v) is 4.14. The molecule has 2 atom stereocenters. The zero-order chi connectivity index (χ0) is 19.4. The molecule has 2 heterocycles. The minimum absolute atomic E-state index is 0.198. The fraction of sp³-hybridized carbons (Fsp3) is 0.294. The van der Waals surface area contributed by atoms with Crippen molar-refractivity contribution in [2.75, 3.05) is 19.0 Å². The maximum atomic E-state index is 12.4. The minimum atomic E-state index is -1.28. The molecule has 0 aliphatic carbocycles. The predicted octanol–water partition coefficient (Wildman–Crippen LogP) is -0.0230. The van der Waals surface area contributed by atoms with Gasteiger partial charge in [-0.25, -0.2) is 4.79 Å². The number of β-lactam (4-membered cyclic amide) rings is 1. The van der Waals surface area contributed by atoms with Gasteiger partial charge in [0.1, 0.15) is 29.5 Å². The second kappa shape index (κ2) is 8.12. The molecule has 0 spiro atoms. The molecule has 0 radical (unpaired) electrons. The van der Waals surface area contributed by atoms with E-state index in [0.29, 0.717) is 11.3 Å². The van der Waals surface area contributed by atoms with Crippen LogP contribution in [-0.2, 0) is 23.9 Å².